The SMILES string of the molecule is COc1ccccc1CN(Cc1cccs1)C(=O)C=Cc1ccc(NC(C)=O)cc1. The number of para-hydroxylation sites is 1. The molecule has 0 aliphatic heterocycles. The molecular weight excluding hydrogens is 396 g/mol. The van der Waals surface area contributed by atoms with Crippen LogP contribution in [0.4, 0.5) is 5.69 Å². The average Bonchev–Trinajstić information content (AvgIpc) is 3.25. The number of methoxy groups -OCH3 is 1. The van der Waals surface area contributed by atoms with E-state index < -0.39 is 0 Å². The van der Waals surface area contributed by atoms with Crippen molar-refractivity contribution >= 4 is 34.9 Å². The summed E-state index contributed by atoms with van der Waals surface area (Å²) >= 11 is 1.63. The molecule has 0 aliphatic rings. The first kappa shape index (κ1) is 21.3. The monoisotopic (exact) mass is 420 g/mol. The van der Waals surface area contributed by atoms with Gasteiger partial charge in [0.05, 0.1) is 13.7 Å². The fraction of sp³-hybridized carbons (Fsp3) is 0.167. The van der Waals surface area contributed by atoms with Crippen LogP contribution in [0.25, 0.3) is 6.08 Å². The number of amides is 2. The Balaban J connectivity index is 1.75. The van der Waals surface area contributed by atoms with Crippen molar-refractivity contribution in [1.82, 2.24) is 4.90 Å². The largest absolute Gasteiger partial charge is 0.496 e. The van der Waals surface area contributed by atoms with E-state index in [2.05, 4.69) is 5.32 Å². The molecule has 0 bridgehead atoms. The second kappa shape index (κ2) is 10.4. The Morgan fingerprint density at radius 1 is 1.03 bits per heavy atom. The van der Waals surface area contributed by atoms with Crippen molar-refractivity contribution in [2.75, 3.05) is 12.4 Å². The number of ether oxygens (including phenoxy) is 1. The Labute approximate surface area is 180 Å². The van der Waals surface area contributed by atoms with Crippen LogP contribution in [0.2, 0.25) is 0 Å². The zero-order valence-corrected chi connectivity index (χ0v) is 17.8. The normalized spacial score (nSPS) is 10.7. The maximum atomic E-state index is 13.0. The summed E-state index contributed by atoms with van der Waals surface area (Å²) in [5, 5.41) is 4.74. The second-order valence-corrected chi connectivity index (χ2v) is 7.75. The zero-order chi connectivity index (χ0) is 21.3. The summed E-state index contributed by atoms with van der Waals surface area (Å²) in [6, 6.07) is 19.1. The van der Waals surface area contributed by atoms with Gasteiger partial charge in [-0.2, -0.15) is 0 Å². The number of hydrogen-bond acceptors (Lipinski definition) is 4. The van der Waals surface area contributed by atoms with Crippen LogP contribution >= 0.6 is 11.3 Å². The summed E-state index contributed by atoms with van der Waals surface area (Å²) in [5.74, 6) is 0.563. The van der Waals surface area contributed by atoms with Crippen LogP contribution in [0.5, 0.6) is 5.75 Å². The lowest BCUT2D eigenvalue weighted by Crippen LogP contribution is -2.28. The standard InChI is InChI=1S/C24H24N2O3S/c1-18(27)25-21-12-9-19(10-13-21)11-14-24(28)26(17-22-7-5-15-30-22)16-20-6-3-4-8-23(20)29-2/h3-15H,16-17H2,1-2H3,(H,25,27). The van der Waals surface area contributed by atoms with Gasteiger partial charge in [0.15, 0.2) is 0 Å². The highest BCUT2D eigenvalue weighted by atomic mass is 32.1. The van der Waals surface area contributed by atoms with E-state index >= 15 is 0 Å². The van der Waals surface area contributed by atoms with E-state index in [0.29, 0.717) is 13.1 Å². The molecule has 0 aliphatic carbocycles. The average molecular weight is 421 g/mol. The minimum Gasteiger partial charge on any atom is -0.496 e. The van der Waals surface area contributed by atoms with Gasteiger partial charge in [-0.05, 0) is 41.3 Å². The fourth-order valence-electron chi connectivity index (χ4n) is 3.00. The van der Waals surface area contributed by atoms with Gasteiger partial charge in [0, 0.05) is 35.7 Å². The summed E-state index contributed by atoms with van der Waals surface area (Å²) in [7, 11) is 1.63. The van der Waals surface area contributed by atoms with Crippen LogP contribution in [-0.4, -0.2) is 23.8 Å². The van der Waals surface area contributed by atoms with Gasteiger partial charge in [0.2, 0.25) is 11.8 Å². The first-order chi connectivity index (χ1) is 14.5. The van der Waals surface area contributed by atoms with Gasteiger partial charge in [0.1, 0.15) is 5.75 Å². The van der Waals surface area contributed by atoms with Gasteiger partial charge in [-0.25, -0.2) is 0 Å². The first-order valence-electron chi connectivity index (χ1n) is 9.54. The predicted octanol–water partition coefficient (Wildman–Crippen LogP) is 4.96. The van der Waals surface area contributed by atoms with Gasteiger partial charge < -0.3 is 15.0 Å². The molecule has 3 aromatic rings. The molecule has 0 saturated heterocycles. The highest BCUT2D eigenvalue weighted by Crippen LogP contribution is 2.22. The fourth-order valence-corrected chi connectivity index (χ4v) is 3.71. The lowest BCUT2D eigenvalue weighted by atomic mass is 10.1. The lowest BCUT2D eigenvalue weighted by Gasteiger charge is -2.22. The molecule has 2 amide bonds. The van der Waals surface area contributed by atoms with E-state index in [0.717, 1.165) is 27.4 Å². The first-order valence-corrected chi connectivity index (χ1v) is 10.4. The lowest BCUT2D eigenvalue weighted by molar-refractivity contribution is -0.127. The number of carbonyl (C=O) groups excluding carboxylic acids is 2. The molecular formula is C24H24N2O3S. The molecule has 1 aromatic heterocycles. The molecule has 30 heavy (non-hydrogen) atoms. The van der Waals surface area contributed by atoms with Crippen molar-refractivity contribution in [3.63, 3.8) is 0 Å². The topological polar surface area (TPSA) is 58.6 Å². The summed E-state index contributed by atoms with van der Waals surface area (Å²) in [6.07, 6.45) is 3.36. The van der Waals surface area contributed by atoms with Gasteiger partial charge in [-0.1, -0.05) is 36.4 Å². The van der Waals surface area contributed by atoms with E-state index in [9.17, 15) is 9.59 Å². The molecule has 1 N–H and O–H groups in total. The molecule has 0 saturated carbocycles. The van der Waals surface area contributed by atoms with Crippen LogP contribution < -0.4 is 10.1 Å². The second-order valence-electron chi connectivity index (χ2n) is 6.72. The number of rotatable bonds is 8. The van der Waals surface area contributed by atoms with E-state index in [-0.39, 0.29) is 11.8 Å². The van der Waals surface area contributed by atoms with E-state index in [1.807, 2.05) is 66.0 Å². The minimum absolute atomic E-state index is 0.0831. The van der Waals surface area contributed by atoms with Crippen LogP contribution in [0.1, 0.15) is 22.9 Å². The minimum atomic E-state index is -0.117. The quantitative estimate of drug-likeness (QED) is 0.524. The predicted molar refractivity (Wildman–Crippen MR) is 121 cm³/mol. The third-order valence-electron chi connectivity index (χ3n) is 4.44. The molecule has 154 valence electrons. The van der Waals surface area contributed by atoms with Crippen molar-refractivity contribution in [2.24, 2.45) is 0 Å². The van der Waals surface area contributed by atoms with Crippen molar-refractivity contribution in [2.45, 2.75) is 20.0 Å². The molecule has 0 fully saturated rings. The van der Waals surface area contributed by atoms with Gasteiger partial charge in [0.25, 0.3) is 0 Å². The summed E-state index contributed by atoms with van der Waals surface area (Å²) in [6.45, 7) is 2.45. The van der Waals surface area contributed by atoms with E-state index in [1.54, 1.807) is 35.5 Å². The van der Waals surface area contributed by atoms with Crippen molar-refractivity contribution in [1.29, 1.82) is 0 Å². The third-order valence-corrected chi connectivity index (χ3v) is 5.30. The van der Waals surface area contributed by atoms with Crippen molar-refractivity contribution in [3.8, 4) is 5.75 Å². The number of carbonyl (C=O) groups is 2. The van der Waals surface area contributed by atoms with Gasteiger partial charge >= 0.3 is 0 Å². The van der Waals surface area contributed by atoms with Crippen molar-refractivity contribution < 1.29 is 14.3 Å². The molecule has 0 atom stereocenters. The molecule has 0 spiro atoms. The molecule has 0 unspecified atom stereocenters. The van der Waals surface area contributed by atoms with Gasteiger partial charge in [-0.3, -0.25) is 9.59 Å². The zero-order valence-electron chi connectivity index (χ0n) is 17.0. The molecule has 3 rings (SSSR count). The van der Waals surface area contributed by atoms with Gasteiger partial charge in [-0.15, -0.1) is 11.3 Å². The number of nitrogens with one attached hydrogen (secondary N) is 1. The number of nitrogens with zero attached hydrogens (tertiary/aromatic N) is 1. The summed E-state index contributed by atoms with van der Waals surface area (Å²) < 4.78 is 5.45. The Morgan fingerprint density at radius 2 is 1.80 bits per heavy atom. The highest BCUT2D eigenvalue weighted by molar-refractivity contribution is 7.09. The van der Waals surface area contributed by atoms with Crippen LogP contribution in [0.15, 0.2) is 72.1 Å². The summed E-state index contributed by atoms with van der Waals surface area (Å²) in [5.41, 5.74) is 2.56. The molecule has 1 heterocycles. The number of thiophene rings is 1. The smallest absolute Gasteiger partial charge is 0.247 e. The highest BCUT2D eigenvalue weighted by Gasteiger charge is 2.15. The Kier molecular flexibility index (Phi) is 7.40. The Bertz CT molecular complexity index is 1010. The summed E-state index contributed by atoms with van der Waals surface area (Å²) in [4.78, 5) is 27.1. The third kappa shape index (κ3) is 6.06. The van der Waals surface area contributed by atoms with Crippen LogP contribution in [0.3, 0.4) is 0 Å². The molecule has 2 aromatic carbocycles. The molecule has 5 nitrogen and oxygen atoms in total. The maximum Gasteiger partial charge on any atom is 0.247 e. The number of anilines is 1. The van der Waals surface area contributed by atoms with Crippen molar-refractivity contribution in [3.05, 3.63) is 88.1 Å². The maximum absolute atomic E-state index is 13.0. The van der Waals surface area contributed by atoms with Crippen LogP contribution in [0, 0.1) is 0 Å². The van der Waals surface area contributed by atoms with E-state index in [4.69, 9.17) is 4.74 Å². The Morgan fingerprint density at radius 3 is 2.47 bits per heavy atom. The molecule has 0 radical (unpaired) electrons. The number of hydrogen-bond donors (Lipinski definition) is 1. The Hall–Kier alpha value is -3.38. The molecule has 6 heteroatoms. The van der Waals surface area contributed by atoms with E-state index in [1.165, 1.54) is 6.92 Å². The van der Waals surface area contributed by atoms with Crippen LogP contribution in [-0.2, 0) is 22.7 Å². The number of benzene rings is 2.